The second kappa shape index (κ2) is 11.0. The molecule has 0 spiro atoms. The van der Waals surface area contributed by atoms with E-state index in [0.717, 1.165) is 48.7 Å². The molecule has 41 heavy (non-hydrogen) atoms. The minimum absolute atomic E-state index is 0.123. The smallest absolute Gasteiger partial charge is 0.248 e. The third-order valence-electron chi connectivity index (χ3n) is 8.30. The molecular weight excluding hydrogens is 520 g/mol. The number of para-hydroxylation sites is 1. The van der Waals surface area contributed by atoms with E-state index in [1.807, 2.05) is 45.2 Å². The van der Waals surface area contributed by atoms with Crippen molar-refractivity contribution in [2.24, 2.45) is 5.41 Å². The van der Waals surface area contributed by atoms with Gasteiger partial charge >= 0.3 is 0 Å². The third kappa shape index (κ3) is 5.91. The van der Waals surface area contributed by atoms with E-state index in [4.69, 9.17) is 0 Å². The van der Waals surface area contributed by atoms with Crippen molar-refractivity contribution >= 4 is 11.8 Å². The van der Waals surface area contributed by atoms with Crippen LogP contribution in [0, 0.1) is 5.41 Å². The summed E-state index contributed by atoms with van der Waals surface area (Å²) in [5.74, 6) is 2.31. The highest BCUT2D eigenvalue weighted by Gasteiger charge is 2.45. The summed E-state index contributed by atoms with van der Waals surface area (Å²) in [4.78, 5) is 28.8. The summed E-state index contributed by atoms with van der Waals surface area (Å²) < 4.78 is 3.80. The molecule has 6 rings (SSSR count). The molecule has 11 nitrogen and oxygen atoms in total. The maximum absolute atomic E-state index is 13.9. The van der Waals surface area contributed by atoms with Crippen LogP contribution in [0.5, 0.6) is 0 Å². The highest BCUT2D eigenvalue weighted by atomic mass is 16.3. The number of rotatable bonds is 10. The summed E-state index contributed by atoms with van der Waals surface area (Å²) in [5, 5.41) is 31.1. The zero-order valence-electron chi connectivity index (χ0n) is 24.1. The number of nitrogens with zero attached hydrogens (tertiary/aromatic N) is 7. The zero-order chi connectivity index (χ0) is 28.7. The summed E-state index contributed by atoms with van der Waals surface area (Å²) in [5.41, 5.74) is 1.50. The van der Waals surface area contributed by atoms with Crippen molar-refractivity contribution in [2.75, 3.05) is 13.1 Å². The summed E-state index contributed by atoms with van der Waals surface area (Å²) >= 11 is 0. The molecule has 0 unspecified atom stereocenters. The fourth-order valence-electron chi connectivity index (χ4n) is 5.86. The van der Waals surface area contributed by atoms with Crippen LogP contribution in [0.4, 0.5) is 0 Å². The average Bonchev–Trinajstić information content (AvgIpc) is 3.85. The van der Waals surface area contributed by atoms with E-state index >= 15 is 0 Å². The fourth-order valence-corrected chi connectivity index (χ4v) is 5.86. The van der Waals surface area contributed by atoms with Gasteiger partial charge in [-0.05, 0) is 49.7 Å². The second-order valence-corrected chi connectivity index (χ2v) is 12.9. The minimum Gasteiger partial charge on any atom is -0.391 e. The number of benzene rings is 1. The van der Waals surface area contributed by atoms with Crippen LogP contribution >= 0.6 is 0 Å². The average molecular weight is 561 g/mol. The van der Waals surface area contributed by atoms with Gasteiger partial charge in [0, 0.05) is 49.7 Å². The summed E-state index contributed by atoms with van der Waals surface area (Å²) in [6.07, 6.45) is 7.14. The Hall–Kier alpha value is -3.60. The van der Waals surface area contributed by atoms with Gasteiger partial charge in [-0.1, -0.05) is 44.2 Å². The third-order valence-corrected chi connectivity index (χ3v) is 8.30. The molecule has 2 aliphatic carbocycles. The van der Waals surface area contributed by atoms with Crippen LogP contribution in [0.25, 0.3) is 5.69 Å². The van der Waals surface area contributed by atoms with Gasteiger partial charge in [-0.3, -0.25) is 14.2 Å². The first-order chi connectivity index (χ1) is 19.7. The molecule has 0 bridgehead atoms. The van der Waals surface area contributed by atoms with Crippen molar-refractivity contribution in [3.8, 4) is 5.69 Å². The number of aryl methyl sites for hydroxylation is 1. The second-order valence-electron chi connectivity index (χ2n) is 12.9. The van der Waals surface area contributed by atoms with Gasteiger partial charge in [-0.25, -0.2) is 4.68 Å². The van der Waals surface area contributed by atoms with Crippen LogP contribution in [0.2, 0.25) is 0 Å². The Morgan fingerprint density at radius 2 is 1.78 bits per heavy atom. The molecule has 1 aromatic carbocycles. The van der Waals surface area contributed by atoms with Gasteiger partial charge in [-0.15, -0.1) is 15.3 Å². The van der Waals surface area contributed by atoms with Gasteiger partial charge in [0.15, 0.2) is 0 Å². The van der Waals surface area contributed by atoms with E-state index in [1.54, 1.807) is 4.68 Å². The van der Waals surface area contributed by atoms with Crippen LogP contribution in [0.1, 0.15) is 94.5 Å². The lowest BCUT2D eigenvalue weighted by atomic mass is 9.85. The van der Waals surface area contributed by atoms with Gasteiger partial charge in [0.2, 0.25) is 11.8 Å². The van der Waals surface area contributed by atoms with Crippen molar-refractivity contribution in [3.63, 3.8) is 0 Å². The van der Waals surface area contributed by atoms with Crippen LogP contribution in [-0.4, -0.2) is 76.8 Å². The lowest BCUT2D eigenvalue weighted by Crippen LogP contribution is -2.50. The largest absolute Gasteiger partial charge is 0.391 e. The molecule has 3 fully saturated rings. The van der Waals surface area contributed by atoms with E-state index in [-0.39, 0.29) is 24.8 Å². The molecule has 1 saturated heterocycles. The van der Waals surface area contributed by atoms with Crippen molar-refractivity contribution in [2.45, 2.75) is 95.7 Å². The van der Waals surface area contributed by atoms with E-state index in [9.17, 15) is 14.7 Å². The Bertz CT molecular complexity index is 1390. The van der Waals surface area contributed by atoms with Gasteiger partial charge in [0.1, 0.15) is 23.7 Å². The summed E-state index contributed by atoms with van der Waals surface area (Å²) in [6, 6.07) is 8.78. The molecule has 11 heteroatoms. The molecule has 3 aliphatic rings. The quantitative estimate of drug-likeness (QED) is 0.365. The standard InChI is InChI=1S/C30H40N8O3/c1-30(2,3)26(37-18-23(32-35-37)19-11-12-19)29(41)36-17-22(39)16-24(36)28(40)31-15-7-10-25-33-34-27(20-13-14-20)38(25)21-8-5-4-6-9-21/h4-6,8-9,18-20,22,24,26,39H,7,10-17H2,1-3H3,(H,31,40)/t22-,24+,26-/m1/s1. The number of likely N-dealkylation sites (tertiary alicyclic amines) is 1. The maximum Gasteiger partial charge on any atom is 0.248 e. The Morgan fingerprint density at radius 3 is 2.46 bits per heavy atom. The van der Waals surface area contributed by atoms with Crippen LogP contribution in [0.15, 0.2) is 36.5 Å². The van der Waals surface area contributed by atoms with E-state index in [1.165, 1.54) is 4.90 Å². The highest BCUT2D eigenvalue weighted by Crippen LogP contribution is 2.41. The number of carbonyl (C=O) groups is 2. The summed E-state index contributed by atoms with van der Waals surface area (Å²) in [6.45, 7) is 6.51. The molecule has 3 aromatic rings. The molecule has 2 aromatic heterocycles. The maximum atomic E-state index is 13.9. The number of nitrogens with one attached hydrogen (secondary N) is 1. The Labute approximate surface area is 240 Å². The molecule has 3 atom stereocenters. The Balaban J connectivity index is 1.10. The lowest BCUT2D eigenvalue weighted by molar-refractivity contribution is -0.144. The predicted molar refractivity (Wildman–Crippen MR) is 151 cm³/mol. The molecule has 0 radical (unpaired) electrons. The highest BCUT2D eigenvalue weighted by molar-refractivity contribution is 5.90. The van der Waals surface area contributed by atoms with Gasteiger partial charge in [0.25, 0.3) is 0 Å². The number of aliphatic hydroxyl groups excluding tert-OH is 1. The summed E-state index contributed by atoms with van der Waals surface area (Å²) in [7, 11) is 0. The number of hydrogen-bond donors (Lipinski definition) is 2. The SMILES string of the molecule is CC(C)(C)[C@@H](C(=O)N1C[C@H](O)C[C@H]1C(=O)NCCCc1nnc(C2CC2)n1-c1ccccc1)n1cc(C2CC2)nn1. The molecular formula is C30H40N8O3. The molecule has 218 valence electrons. The predicted octanol–water partition coefficient (Wildman–Crippen LogP) is 2.91. The monoisotopic (exact) mass is 560 g/mol. The number of amides is 2. The first-order valence-corrected chi connectivity index (χ1v) is 14.9. The minimum atomic E-state index is -0.752. The molecule has 2 amide bonds. The van der Waals surface area contributed by atoms with E-state index in [2.05, 4.69) is 42.5 Å². The Morgan fingerprint density at radius 1 is 1.05 bits per heavy atom. The van der Waals surface area contributed by atoms with Crippen molar-refractivity contribution in [1.82, 2.24) is 40.0 Å². The zero-order valence-corrected chi connectivity index (χ0v) is 24.1. The fraction of sp³-hybridized carbons (Fsp3) is 0.600. The van der Waals surface area contributed by atoms with Crippen molar-refractivity contribution in [1.29, 1.82) is 0 Å². The van der Waals surface area contributed by atoms with Crippen LogP contribution < -0.4 is 5.32 Å². The van der Waals surface area contributed by atoms with Crippen molar-refractivity contribution in [3.05, 3.63) is 53.9 Å². The first-order valence-electron chi connectivity index (χ1n) is 14.9. The van der Waals surface area contributed by atoms with Crippen LogP contribution in [-0.2, 0) is 16.0 Å². The lowest BCUT2D eigenvalue weighted by Gasteiger charge is -2.34. The van der Waals surface area contributed by atoms with Gasteiger partial charge in [-0.2, -0.15) is 0 Å². The number of aromatic nitrogens is 6. The van der Waals surface area contributed by atoms with E-state index in [0.29, 0.717) is 31.2 Å². The van der Waals surface area contributed by atoms with Crippen LogP contribution in [0.3, 0.4) is 0 Å². The molecule has 2 saturated carbocycles. The number of β-amino-alcohol motifs (C(OH)–C–C–N with tert-alkyl or cyclic N) is 1. The topological polar surface area (TPSA) is 131 Å². The Kier molecular flexibility index (Phi) is 7.39. The number of hydrogen-bond acceptors (Lipinski definition) is 7. The van der Waals surface area contributed by atoms with Crippen molar-refractivity contribution < 1.29 is 14.7 Å². The van der Waals surface area contributed by atoms with E-state index < -0.39 is 23.6 Å². The first kappa shape index (κ1) is 27.6. The molecule has 1 aliphatic heterocycles. The number of carbonyl (C=O) groups excluding carboxylic acids is 2. The van der Waals surface area contributed by atoms with Gasteiger partial charge < -0.3 is 15.3 Å². The molecule has 3 heterocycles. The normalized spacial score (nSPS) is 21.7. The van der Waals surface area contributed by atoms with Gasteiger partial charge in [0.05, 0.1) is 11.8 Å². The number of aliphatic hydroxyl groups is 1. The molecule has 2 N–H and O–H groups in total.